The summed E-state index contributed by atoms with van der Waals surface area (Å²) in [5.74, 6) is 0.798. The average molecular weight is 213 g/mol. The molecule has 0 aromatic rings. The summed E-state index contributed by atoms with van der Waals surface area (Å²) in [5.41, 5.74) is 0. The second kappa shape index (κ2) is 5.28. The molecule has 0 aromatic heterocycles. The molecular weight excluding hydrogens is 190 g/mol. The molecule has 0 spiro atoms. The van der Waals surface area contributed by atoms with E-state index < -0.39 is 0 Å². The van der Waals surface area contributed by atoms with Gasteiger partial charge in [0.1, 0.15) is 0 Å². The van der Waals surface area contributed by atoms with Crippen molar-refractivity contribution in [3.8, 4) is 0 Å². The summed E-state index contributed by atoms with van der Waals surface area (Å²) in [6, 6.07) is 0.771. The van der Waals surface area contributed by atoms with Crippen molar-refractivity contribution in [2.45, 2.75) is 57.2 Å². The zero-order chi connectivity index (χ0) is 10.7. The summed E-state index contributed by atoms with van der Waals surface area (Å²) in [5, 5.41) is 13.3. The lowest BCUT2D eigenvalue weighted by atomic mass is 9.82. The number of aliphatic hydroxyl groups is 1. The van der Waals surface area contributed by atoms with Crippen LogP contribution < -0.4 is 5.32 Å². The molecule has 2 aliphatic rings. The van der Waals surface area contributed by atoms with E-state index in [-0.39, 0.29) is 12.1 Å². The summed E-state index contributed by atoms with van der Waals surface area (Å²) < 4.78 is 5.27. The molecule has 2 N–H and O–H groups in total. The molecule has 0 radical (unpaired) electrons. The van der Waals surface area contributed by atoms with E-state index in [1.54, 1.807) is 0 Å². The van der Waals surface area contributed by atoms with Crippen LogP contribution >= 0.6 is 0 Å². The van der Waals surface area contributed by atoms with Crippen molar-refractivity contribution < 1.29 is 9.84 Å². The number of nitrogens with one attached hydrogen (secondary N) is 1. The molecule has 0 aromatic carbocycles. The van der Waals surface area contributed by atoms with Crippen molar-refractivity contribution in [3.05, 3.63) is 0 Å². The Morgan fingerprint density at radius 2 is 2.00 bits per heavy atom. The molecule has 1 saturated heterocycles. The Morgan fingerprint density at radius 3 is 2.67 bits per heavy atom. The van der Waals surface area contributed by atoms with Crippen LogP contribution in [-0.2, 0) is 4.74 Å². The number of hydrogen-bond acceptors (Lipinski definition) is 3. The van der Waals surface area contributed by atoms with Gasteiger partial charge in [0.15, 0.2) is 0 Å². The minimum Gasteiger partial charge on any atom is -0.389 e. The highest BCUT2D eigenvalue weighted by atomic mass is 16.5. The van der Waals surface area contributed by atoms with Crippen molar-refractivity contribution in [1.82, 2.24) is 5.32 Å². The lowest BCUT2D eigenvalue weighted by Gasteiger charge is -2.34. The summed E-state index contributed by atoms with van der Waals surface area (Å²) in [6.45, 7) is 3.45. The maximum atomic E-state index is 9.69. The predicted octanol–water partition coefficient (Wildman–Crippen LogP) is 1.30. The minimum atomic E-state index is -0.301. The van der Waals surface area contributed by atoms with Crippen molar-refractivity contribution in [1.29, 1.82) is 0 Å². The molecule has 1 aliphatic carbocycles. The van der Waals surface area contributed by atoms with Crippen LogP contribution in [0, 0.1) is 5.92 Å². The van der Waals surface area contributed by atoms with E-state index in [4.69, 9.17) is 4.74 Å². The Kier molecular flexibility index (Phi) is 4.00. The zero-order valence-corrected chi connectivity index (χ0v) is 9.61. The van der Waals surface area contributed by atoms with Gasteiger partial charge in [-0.15, -0.1) is 0 Å². The average Bonchev–Trinajstić information content (AvgIpc) is 2.65. The van der Waals surface area contributed by atoms with E-state index in [2.05, 4.69) is 12.2 Å². The Labute approximate surface area is 92.2 Å². The molecule has 3 nitrogen and oxygen atoms in total. The van der Waals surface area contributed by atoms with E-state index >= 15 is 0 Å². The third-order valence-electron chi connectivity index (χ3n) is 3.91. The summed E-state index contributed by atoms with van der Waals surface area (Å²) >= 11 is 0. The summed E-state index contributed by atoms with van der Waals surface area (Å²) in [6.07, 6.45) is 6.27. The van der Waals surface area contributed by atoms with E-state index in [0.29, 0.717) is 19.3 Å². The van der Waals surface area contributed by atoms with E-state index in [9.17, 15) is 5.11 Å². The van der Waals surface area contributed by atoms with Crippen LogP contribution in [0.5, 0.6) is 0 Å². The molecule has 1 heterocycles. The van der Waals surface area contributed by atoms with E-state index in [0.717, 1.165) is 5.92 Å². The Balaban J connectivity index is 1.85. The lowest BCUT2D eigenvalue weighted by molar-refractivity contribution is 0.117. The van der Waals surface area contributed by atoms with Gasteiger partial charge >= 0.3 is 0 Å². The number of hydrogen-bond donors (Lipinski definition) is 2. The molecule has 15 heavy (non-hydrogen) atoms. The van der Waals surface area contributed by atoms with Crippen molar-refractivity contribution in [3.63, 3.8) is 0 Å². The monoisotopic (exact) mass is 213 g/mol. The van der Waals surface area contributed by atoms with Crippen LogP contribution in [0.15, 0.2) is 0 Å². The van der Waals surface area contributed by atoms with Gasteiger partial charge in [0, 0.05) is 6.04 Å². The second-order valence-corrected chi connectivity index (χ2v) is 4.94. The third-order valence-corrected chi connectivity index (χ3v) is 3.91. The number of rotatable bonds is 3. The Hall–Kier alpha value is -0.120. The van der Waals surface area contributed by atoms with E-state index in [1.165, 1.54) is 32.1 Å². The normalized spacial score (nSPS) is 42.0. The quantitative estimate of drug-likeness (QED) is 0.742. The molecule has 1 saturated carbocycles. The fourth-order valence-corrected chi connectivity index (χ4v) is 2.89. The van der Waals surface area contributed by atoms with Gasteiger partial charge in [0.05, 0.1) is 25.4 Å². The molecule has 2 rings (SSSR count). The van der Waals surface area contributed by atoms with Crippen LogP contribution in [0.2, 0.25) is 0 Å². The molecular formula is C12H23NO2. The molecule has 0 amide bonds. The molecule has 1 aliphatic heterocycles. The fourth-order valence-electron chi connectivity index (χ4n) is 2.89. The SMILES string of the molecule is CCC1CCCCC1NC1COCC1O. The van der Waals surface area contributed by atoms with Gasteiger partial charge in [-0.25, -0.2) is 0 Å². The summed E-state index contributed by atoms with van der Waals surface area (Å²) in [4.78, 5) is 0. The Bertz CT molecular complexity index is 198. The van der Waals surface area contributed by atoms with Crippen molar-refractivity contribution in [2.75, 3.05) is 13.2 Å². The first kappa shape index (κ1) is 11.4. The Morgan fingerprint density at radius 1 is 1.20 bits per heavy atom. The third kappa shape index (κ3) is 2.71. The highest BCUT2D eigenvalue weighted by Crippen LogP contribution is 2.27. The predicted molar refractivity (Wildman–Crippen MR) is 59.8 cm³/mol. The second-order valence-electron chi connectivity index (χ2n) is 4.94. The standard InChI is InChI=1S/C12H23NO2/c1-2-9-5-3-4-6-10(9)13-11-7-15-8-12(11)14/h9-14H,2-8H2,1H3. The van der Waals surface area contributed by atoms with Crippen molar-refractivity contribution in [2.24, 2.45) is 5.92 Å². The molecule has 88 valence electrons. The van der Waals surface area contributed by atoms with Gasteiger partial charge in [-0.2, -0.15) is 0 Å². The molecule has 4 atom stereocenters. The van der Waals surface area contributed by atoms with E-state index in [1.807, 2.05) is 0 Å². The van der Waals surface area contributed by atoms with Crippen LogP contribution in [0.25, 0.3) is 0 Å². The fraction of sp³-hybridized carbons (Fsp3) is 1.00. The van der Waals surface area contributed by atoms with Gasteiger partial charge in [-0.3, -0.25) is 0 Å². The van der Waals surface area contributed by atoms with Gasteiger partial charge < -0.3 is 15.2 Å². The zero-order valence-electron chi connectivity index (χ0n) is 9.61. The smallest absolute Gasteiger partial charge is 0.0948 e. The summed E-state index contributed by atoms with van der Waals surface area (Å²) in [7, 11) is 0. The van der Waals surface area contributed by atoms with Crippen LogP contribution in [0.1, 0.15) is 39.0 Å². The highest BCUT2D eigenvalue weighted by Gasteiger charge is 2.31. The molecule has 0 bridgehead atoms. The lowest BCUT2D eigenvalue weighted by Crippen LogP contribution is -2.48. The van der Waals surface area contributed by atoms with Gasteiger partial charge in [-0.05, 0) is 18.8 Å². The first-order valence-corrected chi connectivity index (χ1v) is 6.33. The van der Waals surface area contributed by atoms with Crippen molar-refractivity contribution >= 4 is 0 Å². The minimum absolute atomic E-state index is 0.169. The highest BCUT2D eigenvalue weighted by molar-refractivity contribution is 4.88. The molecule has 3 heteroatoms. The maximum Gasteiger partial charge on any atom is 0.0948 e. The number of ether oxygens (including phenoxy) is 1. The first-order valence-electron chi connectivity index (χ1n) is 6.33. The topological polar surface area (TPSA) is 41.5 Å². The van der Waals surface area contributed by atoms with Gasteiger partial charge in [0.2, 0.25) is 0 Å². The maximum absolute atomic E-state index is 9.69. The van der Waals surface area contributed by atoms with Gasteiger partial charge in [0.25, 0.3) is 0 Å². The van der Waals surface area contributed by atoms with Crippen LogP contribution in [0.3, 0.4) is 0 Å². The molecule has 2 fully saturated rings. The van der Waals surface area contributed by atoms with Gasteiger partial charge in [-0.1, -0.05) is 26.2 Å². The molecule has 4 unspecified atom stereocenters. The van der Waals surface area contributed by atoms with Crippen LogP contribution in [-0.4, -0.2) is 36.5 Å². The number of aliphatic hydroxyl groups excluding tert-OH is 1. The van der Waals surface area contributed by atoms with Crippen LogP contribution in [0.4, 0.5) is 0 Å². The largest absolute Gasteiger partial charge is 0.389 e. The first-order chi connectivity index (χ1) is 7.31.